The topological polar surface area (TPSA) is 78.9 Å². The lowest BCUT2D eigenvalue weighted by molar-refractivity contribution is -0.148. The Morgan fingerprint density at radius 3 is 2.22 bits per heavy atom. The maximum Gasteiger partial charge on any atom is 0.344 e. The highest BCUT2D eigenvalue weighted by Crippen LogP contribution is 2.28. The summed E-state index contributed by atoms with van der Waals surface area (Å²) in [6, 6.07) is 9.51. The number of hydrogen-bond donors (Lipinski definition) is 0. The fourth-order valence-electron chi connectivity index (χ4n) is 2.28. The molecule has 0 saturated heterocycles. The molecule has 6 nitrogen and oxygen atoms in total. The third-order valence-corrected chi connectivity index (χ3v) is 3.72. The quantitative estimate of drug-likeness (QED) is 0.521. The number of Topliss-reactive ketones (excluding diaryl/α,β-unsaturated/α-hetero) is 2. The number of methoxy groups -OCH3 is 1. The number of hydrogen-bond acceptors (Lipinski definition) is 6. The van der Waals surface area contributed by atoms with E-state index >= 15 is 0 Å². The van der Waals surface area contributed by atoms with Gasteiger partial charge < -0.3 is 14.2 Å². The minimum Gasteiger partial charge on any atom is -0.493 e. The van der Waals surface area contributed by atoms with Crippen molar-refractivity contribution in [3.63, 3.8) is 0 Å². The van der Waals surface area contributed by atoms with Crippen LogP contribution in [-0.2, 0) is 9.53 Å². The molecule has 0 spiro atoms. The van der Waals surface area contributed by atoms with Crippen LogP contribution in [0.15, 0.2) is 42.5 Å². The minimum atomic E-state index is -1.05. The molecular formula is C20H19FO6. The van der Waals surface area contributed by atoms with E-state index in [1.165, 1.54) is 45.2 Å². The van der Waals surface area contributed by atoms with Gasteiger partial charge in [0.2, 0.25) is 5.78 Å². The van der Waals surface area contributed by atoms with Gasteiger partial charge in [0.05, 0.1) is 7.11 Å². The number of ether oxygens (including phenoxy) is 3. The van der Waals surface area contributed by atoms with Gasteiger partial charge in [-0.2, -0.15) is 0 Å². The summed E-state index contributed by atoms with van der Waals surface area (Å²) in [6.45, 7) is 2.40. The molecule has 0 aromatic heterocycles. The summed E-state index contributed by atoms with van der Waals surface area (Å²) in [5.74, 6) is -1.24. The highest BCUT2D eigenvalue weighted by atomic mass is 19.1. The second-order valence-electron chi connectivity index (χ2n) is 5.71. The molecule has 0 aliphatic heterocycles. The van der Waals surface area contributed by atoms with Crippen LogP contribution in [-0.4, -0.2) is 37.4 Å². The van der Waals surface area contributed by atoms with Crippen molar-refractivity contribution in [2.45, 2.75) is 20.0 Å². The molecule has 0 aliphatic rings. The highest BCUT2D eigenvalue weighted by molar-refractivity contribution is 6.00. The van der Waals surface area contributed by atoms with Gasteiger partial charge in [0.1, 0.15) is 5.82 Å². The SMILES string of the molecule is COc1cc(C(C)=O)ccc1OCC(=O)OC(C)C(=O)c1ccc(F)cc1. The molecule has 27 heavy (non-hydrogen) atoms. The standard InChI is InChI=1S/C20H19FO6/c1-12(22)15-6-9-17(18(10-15)25-3)26-11-19(23)27-13(2)20(24)14-4-7-16(21)8-5-14/h4-10,13H,11H2,1-3H3. The number of ketones is 2. The molecule has 0 aliphatic carbocycles. The fraction of sp³-hybridized carbons (Fsp3) is 0.250. The zero-order valence-electron chi connectivity index (χ0n) is 15.2. The van der Waals surface area contributed by atoms with E-state index in [4.69, 9.17) is 14.2 Å². The first-order chi connectivity index (χ1) is 12.8. The molecule has 142 valence electrons. The molecule has 0 amide bonds. The molecule has 2 aromatic rings. The zero-order chi connectivity index (χ0) is 20.0. The van der Waals surface area contributed by atoms with Crippen molar-refractivity contribution in [1.82, 2.24) is 0 Å². The Labute approximate surface area is 155 Å². The Kier molecular flexibility index (Phi) is 6.65. The van der Waals surface area contributed by atoms with Crippen molar-refractivity contribution < 1.29 is 33.0 Å². The van der Waals surface area contributed by atoms with Gasteiger partial charge in [0.25, 0.3) is 0 Å². The second kappa shape index (κ2) is 8.93. The first-order valence-corrected chi connectivity index (χ1v) is 8.13. The van der Waals surface area contributed by atoms with Crippen LogP contribution in [0.4, 0.5) is 4.39 Å². The van der Waals surface area contributed by atoms with Gasteiger partial charge >= 0.3 is 5.97 Å². The van der Waals surface area contributed by atoms with Gasteiger partial charge in [-0.1, -0.05) is 0 Å². The lowest BCUT2D eigenvalue weighted by Crippen LogP contribution is -2.27. The van der Waals surface area contributed by atoms with E-state index in [1.54, 1.807) is 6.07 Å². The summed E-state index contributed by atoms with van der Waals surface area (Å²) < 4.78 is 28.5. The van der Waals surface area contributed by atoms with Crippen LogP contribution in [0.3, 0.4) is 0 Å². The number of rotatable bonds is 8. The normalized spacial score (nSPS) is 11.4. The third kappa shape index (κ3) is 5.37. The molecule has 1 unspecified atom stereocenters. The van der Waals surface area contributed by atoms with Crippen LogP contribution in [0.25, 0.3) is 0 Å². The summed E-state index contributed by atoms with van der Waals surface area (Å²) in [5.41, 5.74) is 0.680. The average Bonchev–Trinajstić information content (AvgIpc) is 2.66. The third-order valence-electron chi connectivity index (χ3n) is 3.72. The molecule has 0 fully saturated rings. The summed E-state index contributed by atoms with van der Waals surface area (Å²) in [4.78, 5) is 35.5. The van der Waals surface area contributed by atoms with Crippen LogP contribution < -0.4 is 9.47 Å². The Morgan fingerprint density at radius 2 is 1.63 bits per heavy atom. The predicted molar refractivity (Wildman–Crippen MR) is 94.8 cm³/mol. The van der Waals surface area contributed by atoms with Crippen molar-refractivity contribution in [1.29, 1.82) is 0 Å². The van der Waals surface area contributed by atoms with Crippen LogP contribution in [0.2, 0.25) is 0 Å². The molecule has 1 atom stereocenters. The molecule has 2 rings (SSSR count). The van der Waals surface area contributed by atoms with Gasteiger partial charge in [-0.25, -0.2) is 9.18 Å². The van der Waals surface area contributed by atoms with Crippen molar-refractivity contribution in [3.8, 4) is 11.5 Å². The molecule has 0 bridgehead atoms. The summed E-state index contributed by atoms with van der Waals surface area (Å²) in [5, 5.41) is 0. The number of benzene rings is 2. The fourth-order valence-corrected chi connectivity index (χ4v) is 2.28. The van der Waals surface area contributed by atoms with Gasteiger partial charge in [0.15, 0.2) is 30.0 Å². The maximum atomic E-state index is 12.9. The molecule has 0 heterocycles. The molecule has 7 heteroatoms. The van der Waals surface area contributed by atoms with Crippen LogP contribution in [0, 0.1) is 5.82 Å². The largest absolute Gasteiger partial charge is 0.493 e. The lowest BCUT2D eigenvalue weighted by Gasteiger charge is -2.14. The van der Waals surface area contributed by atoms with E-state index in [1.807, 2.05) is 0 Å². The number of carbonyl (C=O) groups is 3. The maximum absolute atomic E-state index is 12.9. The monoisotopic (exact) mass is 374 g/mol. The van der Waals surface area contributed by atoms with Crippen LogP contribution in [0.1, 0.15) is 34.6 Å². The summed E-state index contributed by atoms with van der Waals surface area (Å²) >= 11 is 0. The molecule has 0 radical (unpaired) electrons. The Hall–Kier alpha value is -3.22. The van der Waals surface area contributed by atoms with E-state index in [0.717, 1.165) is 12.1 Å². The van der Waals surface area contributed by atoms with E-state index < -0.39 is 30.3 Å². The summed E-state index contributed by atoms with van der Waals surface area (Å²) in [7, 11) is 1.41. The molecular weight excluding hydrogens is 355 g/mol. The van der Waals surface area contributed by atoms with Crippen molar-refractivity contribution >= 4 is 17.5 Å². The zero-order valence-corrected chi connectivity index (χ0v) is 15.2. The van der Waals surface area contributed by atoms with Crippen molar-refractivity contribution in [3.05, 3.63) is 59.4 Å². The highest BCUT2D eigenvalue weighted by Gasteiger charge is 2.20. The molecule has 0 N–H and O–H groups in total. The minimum absolute atomic E-state index is 0.132. The van der Waals surface area contributed by atoms with Crippen molar-refractivity contribution in [2.75, 3.05) is 13.7 Å². The van der Waals surface area contributed by atoms with E-state index in [0.29, 0.717) is 11.3 Å². The summed E-state index contributed by atoms with van der Waals surface area (Å²) in [6.07, 6.45) is -1.05. The number of halogens is 1. The Balaban J connectivity index is 1.94. The van der Waals surface area contributed by atoms with Crippen molar-refractivity contribution in [2.24, 2.45) is 0 Å². The van der Waals surface area contributed by atoms with Crippen LogP contribution in [0.5, 0.6) is 11.5 Å². The van der Waals surface area contributed by atoms with Gasteiger partial charge in [-0.05, 0) is 56.3 Å². The van der Waals surface area contributed by atoms with E-state index in [9.17, 15) is 18.8 Å². The second-order valence-corrected chi connectivity index (χ2v) is 5.71. The van der Waals surface area contributed by atoms with Crippen LogP contribution >= 0.6 is 0 Å². The average molecular weight is 374 g/mol. The Bertz CT molecular complexity index is 844. The smallest absolute Gasteiger partial charge is 0.344 e. The lowest BCUT2D eigenvalue weighted by atomic mass is 10.1. The molecule has 2 aromatic carbocycles. The predicted octanol–water partition coefficient (Wildman–Crippen LogP) is 3.23. The Morgan fingerprint density at radius 1 is 1.00 bits per heavy atom. The number of esters is 1. The van der Waals surface area contributed by atoms with E-state index in [2.05, 4.69) is 0 Å². The molecule has 0 saturated carbocycles. The first-order valence-electron chi connectivity index (χ1n) is 8.13. The number of carbonyl (C=O) groups excluding carboxylic acids is 3. The van der Waals surface area contributed by atoms with Gasteiger partial charge in [-0.15, -0.1) is 0 Å². The van der Waals surface area contributed by atoms with Gasteiger partial charge in [0, 0.05) is 11.1 Å². The van der Waals surface area contributed by atoms with E-state index in [-0.39, 0.29) is 17.1 Å². The first kappa shape index (κ1) is 20.1. The van der Waals surface area contributed by atoms with Gasteiger partial charge in [-0.3, -0.25) is 9.59 Å².